The third-order valence-corrected chi connectivity index (χ3v) is 5.53. The Morgan fingerprint density at radius 1 is 1.23 bits per heavy atom. The smallest absolute Gasteiger partial charge is 0.347 e. The number of benzene rings is 2. The molecule has 2 aromatic carbocycles. The van der Waals surface area contributed by atoms with Gasteiger partial charge in [0.1, 0.15) is 5.75 Å². The number of carbonyl (C=O) groups excluding carboxylic acids is 2. The van der Waals surface area contributed by atoms with E-state index in [0.29, 0.717) is 10.2 Å². The fourth-order valence-corrected chi connectivity index (χ4v) is 3.92. The van der Waals surface area contributed by atoms with Crippen LogP contribution in [0, 0.1) is 0 Å². The molecule has 6 nitrogen and oxygen atoms in total. The van der Waals surface area contributed by atoms with E-state index in [1.807, 2.05) is 29.6 Å². The zero-order valence-corrected chi connectivity index (χ0v) is 19.4. The molecule has 1 heterocycles. The van der Waals surface area contributed by atoms with Crippen LogP contribution >= 0.6 is 50.5 Å². The van der Waals surface area contributed by atoms with Gasteiger partial charge in [-0.2, -0.15) is 0 Å². The van der Waals surface area contributed by atoms with Gasteiger partial charge in [0.25, 0.3) is 5.91 Å². The molecule has 0 saturated carbocycles. The molecule has 0 aliphatic heterocycles. The molecule has 1 unspecified atom stereocenters. The maximum atomic E-state index is 12.1. The normalized spacial score (nSPS) is 11.6. The number of hydrogen-bond acceptors (Lipinski definition) is 6. The Bertz CT molecular complexity index is 1080. The predicted octanol–water partition coefficient (Wildman–Crippen LogP) is 5.83. The van der Waals surface area contributed by atoms with Crippen molar-refractivity contribution in [3.63, 3.8) is 0 Å². The van der Waals surface area contributed by atoms with Gasteiger partial charge >= 0.3 is 5.97 Å². The summed E-state index contributed by atoms with van der Waals surface area (Å²) in [7, 11) is 0. The highest BCUT2D eigenvalue weighted by atomic mass is 79.9. The van der Waals surface area contributed by atoms with Crippen LogP contribution in [0.25, 0.3) is 11.3 Å². The van der Waals surface area contributed by atoms with Crippen LogP contribution < -0.4 is 10.1 Å². The Labute approximate surface area is 195 Å². The lowest BCUT2D eigenvalue weighted by Gasteiger charge is -2.14. The van der Waals surface area contributed by atoms with Crippen molar-refractivity contribution in [1.29, 1.82) is 0 Å². The molecule has 30 heavy (non-hydrogen) atoms. The molecule has 0 aliphatic carbocycles. The van der Waals surface area contributed by atoms with E-state index in [-0.39, 0.29) is 10.8 Å². The zero-order valence-electron chi connectivity index (χ0n) is 15.5. The molecular weight excluding hydrogens is 515 g/mol. The number of amides is 1. The molecule has 1 N–H and O–H groups in total. The summed E-state index contributed by atoms with van der Waals surface area (Å²) < 4.78 is 11.4. The maximum absolute atomic E-state index is 12.1. The number of esters is 1. The highest BCUT2D eigenvalue weighted by molar-refractivity contribution is 9.10. The first-order valence-corrected chi connectivity index (χ1v) is 11.0. The van der Waals surface area contributed by atoms with Gasteiger partial charge in [-0.15, -0.1) is 11.3 Å². The van der Waals surface area contributed by atoms with Crippen LogP contribution in [0.1, 0.15) is 6.92 Å². The Balaban J connectivity index is 1.50. The summed E-state index contributed by atoms with van der Waals surface area (Å²) in [5.74, 6) is -0.918. The Hall–Kier alpha value is -2.13. The number of hydrogen-bond donors (Lipinski definition) is 1. The highest BCUT2D eigenvalue weighted by Gasteiger charge is 2.19. The molecule has 0 bridgehead atoms. The first-order chi connectivity index (χ1) is 14.3. The molecule has 0 spiro atoms. The standard InChI is InChI=1S/C20H15BrCl2N2O4S/c1-11(29-17-6-5-14(22)8-15(17)23)19(27)28-9-18(26)25-20-24-16(10-30-20)12-3-2-4-13(21)7-12/h2-8,10-11H,9H2,1H3,(H,24,25,26). The number of carbonyl (C=O) groups is 2. The molecule has 3 rings (SSSR count). The minimum Gasteiger partial charge on any atom is -0.477 e. The van der Waals surface area contributed by atoms with E-state index in [9.17, 15) is 9.59 Å². The summed E-state index contributed by atoms with van der Waals surface area (Å²) in [6.07, 6.45) is -0.959. The molecule has 1 amide bonds. The number of anilines is 1. The minimum absolute atomic E-state index is 0.268. The zero-order chi connectivity index (χ0) is 21.7. The molecule has 0 aliphatic rings. The van der Waals surface area contributed by atoms with Crippen molar-refractivity contribution in [2.24, 2.45) is 0 Å². The molecule has 10 heteroatoms. The van der Waals surface area contributed by atoms with Gasteiger partial charge < -0.3 is 9.47 Å². The van der Waals surface area contributed by atoms with Crippen LogP contribution in [-0.2, 0) is 14.3 Å². The highest BCUT2D eigenvalue weighted by Crippen LogP contribution is 2.29. The van der Waals surface area contributed by atoms with Crippen LogP contribution in [0.2, 0.25) is 10.0 Å². The van der Waals surface area contributed by atoms with Crippen molar-refractivity contribution in [2.75, 3.05) is 11.9 Å². The summed E-state index contributed by atoms with van der Waals surface area (Å²) in [5.41, 5.74) is 1.65. The Morgan fingerprint density at radius 3 is 2.77 bits per heavy atom. The van der Waals surface area contributed by atoms with E-state index < -0.39 is 24.6 Å². The van der Waals surface area contributed by atoms with Crippen LogP contribution in [0.5, 0.6) is 5.75 Å². The van der Waals surface area contributed by atoms with E-state index in [1.165, 1.54) is 24.3 Å². The van der Waals surface area contributed by atoms with Crippen molar-refractivity contribution in [1.82, 2.24) is 4.98 Å². The third-order valence-electron chi connectivity index (χ3n) is 3.75. The van der Waals surface area contributed by atoms with Crippen molar-refractivity contribution in [3.05, 3.63) is 62.4 Å². The van der Waals surface area contributed by atoms with E-state index >= 15 is 0 Å². The predicted molar refractivity (Wildman–Crippen MR) is 121 cm³/mol. The molecule has 0 fully saturated rings. The number of nitrogens with one attached hydrogen (secondary N) is 1. The molecule has 156 valence electrons. The first kappa shape index (κ1) is 22.6. The largest absolute Gasteiger partial charge is 0.477 e. The van der Waals surface area contributed by atoms with Crippen molar-refractivity contribution in [2.45, 2.75) is 13.0 Å². The second-order valence-corrected chi connectivity index (χ2v) is 8.66. The van der Waals surface area contributed by atoms with Crippen LogP contribution in [-0.4, -0.2) is 29.6 Å². The second-order valence-electron chi connectivity index (χ2n) is 6.04. The van der Waals surface area contributed by atoms with Gasteiger partial charge in [-0.25, -0.2) is 9.78 Å². The number of rotatable bonds is 7. The topological polar surface area (TPSA) is 77.5 Å². The van der Waals surface area contributed by atoms with Gasteiger partial charge in [0.05, 0.1) is 10.7 Å². The summed E-state index contributed by atoms with van der Waals surface area (Å²) in [5, 5.41) is 5.56. The monoisotopic (exact) mass is 528 g/mol. The SMILES string of the molecule is CC(Oc1ccc(Cl)cc1Cl)C(=O)OCC(=O)Nc1nc(-c2cccc(Br)c2)cs1. The van der Waals surface area contributed by atoms with Crippen LogP contribution in [0.15, 0.2) is 52.3 Å². The second kappa shape index (κ2) is 10.3. The minimum atomic E-state index is -0.959. The number of aromatic nitrogens is 1. The van der Waals surface area contributed by atoms with Gasteiger partial charge in [0.2, 0.25) is 0 Å². The number of thiazole rings is 1. The van der Waals surface area contributed by atoms with Gasteiger partial charge in [0, 0.05) is 20.4 Å². The summed E-state index contributed by atoms with van der Waals surface area (Å²) in [4.78, 5) is 28.5. The fourth-order valence-electron chi connectivity index (χ4n) is 2.33. The van der Waals surface area contributed by atoms with E-state index in [1.54, 1.807) is 12.1 Å². The number of nitrogens with zero attached hydrogens (tertiary/aromatic N) is 1. The fraction of sp³-hybridized carbons (Fsp3) is 0.150. The van der Waals surface area contributed by atoms with Crippen LogP contribution in [0.3, 0.4) is 0 Å². The van der Waals surface area contributed by atoms with Gasteiger partial charge in [0.15, 0.2) is 17.8 Å². The van der Waals surface area contributed by atoms with Crippen LogP contribution in [0.4, 0.5) is 5.13 Å². The molecule has 1 atom stereocenters. The average Bonchev–Trinajstić information content (AvgIpc) is 3.16. The van der Waals surface area contributed by atoms with Crippen molar-refractivity contribution < 1.29 is 19.1 Å². The van der Waals surface area contributed by atoms with Gasteiger partial charge in [-0.3, -0.25) is 10.1 Å². The Morgan fingerprint density at radius 2 is 2.03 bits per heavy atom. The van der Waals surface area contributed by atoms with Gasteiger partial charge in [-0.05, 0) is 37.3 Å². The summed E-state index contributed by atoms with van der Waals surface area (Å²) in [6.45, 7) is 1.03. The van der Waals surface area contributed by atoms with E-state index in [4.69, 9.17) is 32.7 Å². The lowest BCUT2D eigenvalue weighted by molar-refractivity contribution is -0.153. The number of halogens is 3. The van der Waals surface area contributed by atoms with Crippen molar-refractivity contribution >= 4 is 67.5 Å². The molecular formula is C20H15BrCl2N2O4S. The van der Waals surface area contributed by atoms with E-state index in [0.717, 1.165) is 15.7 Å². The maximum Gasteiger partial charge on any atom is 0.347 e. The third kappa shape index (κ3) is 6.18. The first-order valence-electron chi connectivity index (χ1n) is 8.61. The van der Waals surface area contributed by atoms with Crippen molar-refractivity contribution in [3.8, 4) is 17.0 Å². The summed E-state index contributed by atoms with van der Waals surface area (Å²) in [6, 6.07) is 12.3. The summed E-state index contributed by atoms with van der Waals surface area (Å²) >= 11 is 16.5. The molecule has 0 saturated heterocycles. The Kier molecular flexibility index (Phi) is 7.71. The lowest BCUT2D eigenvalue weighted by atomic mass is 10.2. The average molecular weight is 530 g/mol. The molecule has 1 aromatic heterocycles. The number of ether oxygens (including phenoxy) is 2. The van der Waals surface area contributed by atoms with Gasteiger partial charge in [-0.1, -0.05) is 51.3 Å². The quantitative estimate of drug-likeness (QED) is 0.390. The van der Waals surface area contributed by atoms with E-state index in [2.05, 4.69) is 26.2 Å². The lowest BCUT2D eigenvalue weighted by Crippen LogP contribution is -2.29. The molecule has 3 aromatic rings. The molecule has 0 radical (unpaired) electrons.